The number of amides is 4. The van der Waals surface area contributed by atoms with Gasteiger partial charge in [-0.2, -0.15) is 5.26 Å². The Labute approximate surface area is 285 Å². The van der Waals surface area contributed by atoms with E-state index in [1.54, 1.807) is 41.5 Å². The largest absolute Gasteiger partial charge is 0.573 e. The summed E-state index contributed by atoms with van der Waals surface area (Å²) in [5.41, 5.74) is -1.87. The highest BCUT2D eigenvalue weighted by molar-refractivity contribution is 6.04. The summed E-state index contributed by atoms with van der Waals surface area (Å²) >= 11 is 0. The van der Waals surface area contributed by atoms with E-state index >= 15 is 0 Å². The number of alkyl halides is 3. The first-order valence-electron chi connectivity index (χ1n) is 15.1. The van der Waals surface area contributed by atoms with Gasteiger partial charge >= 0.3 is 24.5 Å². The fourth-order valence-electron chi connectivity index (χ4n) is 4.49. The van der Waals surface area contributed by atoms with Crippen LogP contribution in [0.25, 0.3) is 0 Å². The van der Waals surface area contributed by atoms with E-state index in [2.05, 4.69) is 10.1 Å². The van der Waals surface area contributed by atoms with Gasteiger partial charge in [-0.1, -0.05) is 6.07 Å². The van der Waals surface area contributed by atoms with E-state index < -0.39 is 72.0 Å². The van der Waals surface area contributed by atoms with Gasteiger partial charge in [0.15, 0.2) is 6.10 Å². The maximum absolute atomic E-state index is 13.6. The number of nitriles is 1. The lowest BCUT2D eigenvalue weighted by Crippen LogP contribution is -2.56. The number of benzene rings is 2. The number of nitrogens with zero attached hydrogens (tertiary/aromatic N) is 3. The van der Waals surface area contributed by atoms with Gasteiger partial charge < -0.3 is 33.9 Å². The fourth-order valence-corrected chi connectivity index (χ4v) is 4.49. The Morgan fingerprint density at radius 3 is 2.18 bits per heavy atom. The predicted molar refractivity (Wildman–Crippen MR) is 169 cm³/mol. The molecule has 4 amide bonds. The molecule has 0 aromatic heterocycles. The highest BCUT2D eigenvalue weighted by atomic mass is 19.4. The predicted octanol–water partition coefficient (Wildman–Crippen LogP) is 5.43. The number of carbonyl (C=O) groups is 5. The summed E-state index contributed by atoms with van der Waals surface area (Å²) in [5, 5.41) is 12.2. The lowest BCUT2D eigenvalue weighted by molar-refractivity contribution is -0.274. The van der Waals surface area contributed by atoms with Crippen LogP contribution in [0, 0.1) is 11.3 Å². The maximum Gasteiger partial charge on any atom is 0.573 e. The second-order valence-electron chi connectivity index (χ2n) is 12.9. The van der Waals surface area contributed by atoms with Gasteiger partial charge in [0, 0.05) is 30.9 Å². The lowest BCUT2D eigenvalue weighted by Gasteiger charge is -2.35. The van der Waals surface area contributed by atoms with Crippen molar-refractivity contribution in [2.45, 2.75) is 84.8 Å². The Hall–Kier alpha value is -5.37. The van der Waals surface area contributed by atoms with Crippen molar-refractivity contribution >= 4 is 41.3 Å². The van der Waals surface area contributed by atoms with Gasteiger partial charge in [-0.15, -0.1) is 13.2 Å². The van der Waals surface area contributed by atoms with Crippen molar-refractivity contribution < 1.29 is 60.8 Å². The Kier molecular flexibility index (Phi) is 12.1. The molecule has 1 saturated heterocycles. The van der Waals surface area contributed by atoms with Crippen LogP contribution < -0.4 is 15.0 Å². The average molecular weight is 707 g/mol. The summed E-state index contributed by atoms with van der Waals surface area (Å²) in [7, 11) is 0. The molecular formula is C33H37F3N4O10. The van der Waals surface area contributed by atoms with Crippen molar-refractivity contribution in [2.24, 2.45) is 0 Å². The van der Waals surface area contributed by atoms with E-state index in [1.165, 1.54) is 30.3 Å². The van der Waals surface area contributed by atoms with Crippen LogP contribution in [0.15, 0.2) is 42.5 Å². The van der Waals surface area contributed by atoms with Crippen LogP contribution in [0.2, 0.25) is 0 Å². The summed E-state index contributed by atoms with van der Waals surface area (Å²) in [4.78, 5) is 66.9. The van der Waals surface area contributed by atoms with Gasteiger partial charge in [0.05, 0.1) is 24.8 Å². The van der Waals surface area contributed by atoms with Crippen LogP contribution in [-0.2, 0) is 39.9 Å². The minimum absolute atomic E-state index is 0.00305. The summed E-state index contributed by atoms with van der Waals surface area (Å²) in [5.74, 6) is -3.48. The third kappa shape index (κ3) is 11.4. The van der Waals surface area contributed by atoms with Crippen LogP contribution in [0.4, 0.5) is 34.1 Å². The van der Waals surface area contributed by atoms with Crippen LogP contribution >= 0.6 is 0 Å². The normalized spacial score (nSPS) is 15.7. The number of anilines is 2. The number of morpholine rings is 1. The number of imide groups is 1. The Bertz CT molecular complexity index is 1630. The summed E-state index contributed by atoms with van der Waals surface area (Å²) < 4.78 is 63.8. The van der Waals surface area contributed by atoms with Crippen LogP contribution in [0.3, 0.4) is 0 Å². The molecule has 50 heavy (non-hydrogen) atoms. The standard InChI is InChI=1S/C33H37F3N4O10/c1-19(41)47-25(26-28(43)39(13-14-46-26)23-9-8-10-24(16-23)48-33(34,35)36)27(42)38-22-12-11-20(17-37)21(15-22)18-40(29(44)49-31(2,3)4)30(45)50-32(5,6)7/h8-12,15-16,25-26H,13-14,18H2,1-7H3,(H,38,42). The van der Waals surface area contributed by atoms with Gasteiger partial charge in [-0.05, 0) is 77.4 Å². The van der Waals surface area contributed by atoms with Crippen molar-refractivity contribution in [2.75, 3.05) is 23.4 Å². The van der Waals surface area contributed by atoms with Crippen molar-refractivity contribution in [3.8, 4) is 11.8 Å². The molecule has 17 heteroatoms. The minimum Gasteiger partial charge on any atom is -0.449 e. The first-order chi connectivity index (χ1) is 23.1. The molecule has 14 nitrogen and oxygen atoms in total. The number of ether oxygens (including phenoxy) is 5. The van der Waals surface area contributed by atoms with Crippen molar-refractivity contribution in [3.05, 3.63) is 53.6 Å². The molecule has 2 atom stereocenters. The molecule has 0 bridgehead atoms. The van der Waals surface area contributed by atoms with E-state index in [0.29, 0.717) is 4.90 Å². The number of hydrogen-bond acceptors (Lipinski definition) is 11. The van der Waals surface area contributed by atoms with Gasteiger partial charge in [0.25, 0.3) is 11.8 Å². The Morgan fingerprint density at radius 1 is 1.02 bits per heavy atom. The summed E-state index contributed by atoms with van der Waals surface area (Å²) in [6.45, 7) is 9.74. The molecule has 0 spiro atoms. The molecule has 1 fully saturated rings. The van der Waals surface area contributed by atoms with Crippen molar-refractivity contribution in [1.29, 1.82) is 5.26 Å². The number of esters is 1. The van der Waals surface area contributed by atoms with Gasteiger partial charge in [-0.25, -0.2) is 14.5 Å². The van der Waals surface area contributed by atoms with E-state index in [0.717, 1.165) is 24.0 Å². The second kappa shape index (κ2) is 15.5. The van der Waals surface area contributed by atoms with Gasteiger partial charge in [0.2, 0.25) is 6.10 Å². The first kappa shape index (κ1) is 39.1. The van der Waals surface area contributed by atoms with E-state index in [4.69, 9.17) is 18.9 Å². The Balaban J connectivity index is 1.91. The molecule has 1 aliphatic heterocycles. The fraction of sp³-hybridized carbons (Fsp3) is 0.455. The highest BCUT2D eigenvalue weighted by Gasteiger charge is 2.43. The van der Waals surface area contributed by atoms with Crippen LogP contribution in [0.1, 0.15) is 59.6 Å². The zero-order valence-corrected chi connectivity index (χ0v) is 28.4. The second-order valence-corrected chi connectivity index (χ2v) is 12.9. The molecule has 2 aromatic carbocycles. The van der Waals surface area contributed by atoms with Crippen molar-refractivity contribution in [3.63, 3.8) is 0 Å². The molecule has 0 saturated carbocycles. The monoisotopic (exact) mass is 706 g/mol. The van der Waals surface area contributed by atoms with Crippen LogP contribution in [-0.4, -0.2) is 77.8 Å². The molecule has 1 N–H and O–H groups in total. The molecule has 3 rings (SSSR count). The van der Waals surface area contributed by atoms with E-state index in [-0.39, 0.29) is 35.7 Å². The SMILES string of the molecule is CC(=O)OC(C(=O)Nc1ccc(C#N)c(CN(C(=O)OC(C)(C)C)C(=O)OC(C)(C)C)c1)C1OCCN(c2cccc(OC(F)(F)F)c2)C1=O. The summed E-state index contributed by atoms with van der Waals surface area (Å²) in [6.07, 6.45) is -10.7. The molecule has 2 aromatic rings. The smallest absolute Gasteiger partial charge is 0.449 e. The molecule has 0 aliphatic carbocycles. The molecule has 2 unspecified atom stereocenters. The average Bonchev–Trinajstić information content (AvgIpc) is 2.96. The molecular weight excluding hydrogens is 669 g/mol. The lowest BCUT2D eigenvalue weighted by atomic mass is 10.1. The molecule has 1 aliphatic rings. The third-order valence-corrected chi connectivity index (χ3v) is 6.36. The third-order valence-electron chi connectivity index (χ3n) is 6.36. The molecule has 1 heterocycles. The Morgan fingerprint density at radius 2 is 1.64 bits per heavy atom. The first-order valence-corrected chi connectivity index (χ1v) is 15.1. The van der Waals surface area contributed by atoms with Gasteiger partial charge in [0.1, 0.15) is 17.0 Å². The zero-order chi connectivity index (χ0) is 37.6. The van der Waals surface area contributed by atoms with Crippen molar-refractivity contribution in [1.82, 2.24) is 4.90 Å². The molecule has 270 valence electrons. The van der Waals surface area contributed by atoms with Gasteiger partial charge in [-0.3, -0.25) is 14.4 Å². The number of hydrogen-bond donors (Lipinski definition) is 1. The molecule has 0 radical (unpaired) electrons. The summed E-state index contributed by atoms with van der Waals surface area (Å²) in [6, 6.07) is 10.4. The number of carbonyl (C=O) groups excluding carboxylic acids is 5. The number of rotatable bonds is 8. The topological polar surface area (TPSA) is 174 Å². The highest BCUT2D eigenvalue weighted by Crippen LogP contribution is 2.29. The minimum atomic E-state index is -4.98. The quantitative estimate of drug-likeness (QED) is 0.274. The maximum atomic E-state index is 13.6. The number of nitrogens with one attached hydrogen (secondary N) is 1. The van der Waals surface area contributed by atoms with E-state index in [9.17, 15) is 42.4 Å². The van der Waals surface area contributed by atoms with Crippen LogP contribution in [0.5, 0.6) is 5.75 Å². The van der Waals surface area contributed by atoms with E-state index in [1.807, 2.05) is 6.07 Å². The zero-order valence-electron chi connectivity index (χ0n) is 28.4. The number of halogens is 3.